The number of aromatic nitrogens is 3. The molecule has 20 heavy (non-hydrogen) atoms. The van der Waals surface area contributed by atoms with Crippen LogP contribution in [0.3, 0.4) is 0 Å². The molecular weight excluding hydrogens is 343 g/mol. The van der Waals surface area contributed by atoms with Crippen LogP contribution in [0.15, 0.2) is 29.0 Å². The molecule has 2 aromatic heterocycles. The largest absolute Gasteiger partial charge is 0.478 e. The van der Waals surface area contributed by atoms with Crippen LogP contribution in [0.1, 0.15) is 16.1 Å². The molecule has 5 nitrogen and oxygen atoms in total. The van der Waals surface area contributed by atoms with E-state index >= 15 is 0 Å². The maximum atomic E-state index is 12.8. The average Bonchev–Trinajstić information content (AvgIpc) is 2.38. The van der Waals surface area contributed by atoms with Gasteiger partial charge in [0.25, 0.3) is 0 Å². The van der Waals surface area contributed by atoms with E-state index in [0.29, 0.717) is 10.7 Å². The number of carboxylic acids is 1. The maximum absolute atomic E-state index is 12.8. The Labute approximate surface area is 118 Å². The molecule has 104 valence electrons. The average molecular weight is 348 g/mol. The van der Waals surface area contributed by atoms with Gasteiger partial charge in [0.15, 0.2) is 11.5 Å². The van der Waals surface area contributed by atoms with Gasteiger partial charge in [-0.1, -0.05) is 0 Å². The molecule has 0 atom stereocenters. The monoisotopic (exact) mass is 347 g/mol. The van der Waals surface area contributed by atoms with Gasteiger partial charge in [-0.05, 0) is 28.1 Å². The highest BCUT2D eigenvalue weighted by Crippen LogP contribution is 2.31. The second-order valence-electron chi connectivity index (χ2n) is 3.62. The summed E-state index contributed by atoms with van der Waals surface area (Å²) in [7, 11) is 0. The van der Waals surface area contributed by atoms with Crippen molar-refractivity contribution in [1.29, 1.82) is 0 Å². The number of hydrogen-bond acceptors (Lipinski definition) is 4. The molecule has 9 heteroatoms. The van der Waals surface area contributed by atoms with Crippen LogP contribution in [0, 0.1) is 0 Å². The first kappa shape index (κ1) is 14.4. The molecule has 0 aromatic carbocycles. The zero-order valence-corrected chi connectivity index (χ0v) is 11.1. The van der Waals surface area contributed by atoms with E-state index in [1.54, 1.807) is 6.07 Å². The third-order valence-electron chi connectivity index (χ3n) is 2.24. The summed E-state index contributed by atoms with van der Waals surface area (Å²) in [5.74, 6) is -2.04. The number of rotatable bonds is 2. The molecule has 0 saturated heterocycles. The molecule has 0 bridgehead atoms. The molecule has 0 radical (unpaired) electrons. The van der Waals surface area contributed by atoms with Crippen LogP contribution in [-0.4, -0.2) is 26.0 Å². The molecule has 0 aliphatic carbocycles. The van der Waals surface area contributed by atoms with Crippen LogP contribution in [0.5, 0.6) is 0 Å². The first-order chi connectivity index (χ1) is 9.29. The van der Waals surface area contributed by atoms with Crippen LogP contribution in [-0.2, 0) is 6.18 Å². The topological polar surface area (TPSA) is 76.0 Å². The van der Waals surface area contributed by atoms with Gasteiger partial charge in [0.2, 0.25) is 0 Å². The molecule has 0 unspecified atom stereocenters. The molecule has 0 amide bonds. The SMILES string of the molecule is O=C(O)c1cnc(-c2ccc(Br)cn2)nc1C(F)(F)F. The van der Waals surface area contributed by atoms with Gasteiger partial charge in [0, 0.05) is 16.9 Å². The van der Waals surface area contributed by atoms with Crippen molar-refractivity contribution in [3.63, 3.8) is 0 Å². The predicted molar refractivity (Wildman–Crippen MR) is 64.9 cm³/mol. The van der Waals surface area contributed by atoms with E-state index in [-0.39, 0.29) is 11.5 Å². The summed E-state index contributed by atoms with van der Waals surface area (Å²) in [6.07, 6.45) is -2.89. The number of pyridine rings is 1. The molecule has 2 aromatic rings. The summed E-state index contributed by atoms with van der Waals surface area (Å²) in [5.41, 5.74) is -2.39. The maximum Gasteiger partial charge on any atom is 0.434 e. The van der Waals surface area contributed by atoms with E-state index in [1.165, 1.54) is 12.3 Å². The smallest absolute Gasteiger partial charge is 0.434 e. The van der Waals surface area contributed by atoms with Crippen molar-refractivity contribution in [2.75, 3.05) is 0 Å². The van der Waals surface area contributed by atoms with Crippen molar-refractivity contribution in [2.45, 2.75) is 6.18 Å². The second-order valence-corrected chi connectivity index (χ2v) is 4.54. The van der Waals surface area contributed by atoms with E-state index in [4.69, 9.17) is 5.11 Å². The van der Waals surface area contributed by atoms with E-state index in [1.807, 2.05) is 0 Å². The Bertz CT molecular complexity index is 659. The number of carbonyl (C=O) groups is 1. The summed E-state index contributed by atoms with van der Waals surface area (Å²) in [6.45, 7) is 0. The fourth-order valence-electron chi connectivity index (χ4n) is 1.39. The summed E-state index contributed by atoms with van der Waals surface area (Å²) < 4.78 is 39.0. The summed E-state index contributed by atoms with van der Waals surface area (Å²) in [4.78, 5) is 21.5. The molecule has 2 heterocycles. The third kappa shape index (κ3) is 2.93. The van der Waals surface area contributed by atoms with Gasteiger partial charge >= 0.3 is 12.1 Å². The van der Waals surface area contributed by atoms with Crippen molar-refractivity contribution in [3.05, 3.63) is 40.3 Å². The van der Waals surface area contributed by atoms with Gasteiger partial charge in [0.1, 0.15) is 11.3 Å². The number of carboxylic acid groups (broad SMARTS) is 1. The van der Waals surface area contributed by atoms with Crippen molar-refractivity contribution in [2.24, 2.45) is 0 Å². The summed E-state index contributed by atoms with van der Waals surface area (Å²) in [5, 5.41) is 8.73. The predicted octanol–water partition coefficient (Wildman–Crippen LogP) is 3.02. The van der Waals surface area contributed by atoms with Crippen LogP contribution in [0.25, 0.3) is 11.5 Å². The summed E-state index contributed by atoms with van der Waals surface area (Å²) in [6, 6.07) is 2.98. The molecule has 0 spiro atoms. The Kier molecular flexibility index (Phi) is 3.71. The highest BCUT2D eigenvalue weighted by Gasteiger charge is 2.38. The number of hydrogen-bond donors (Lipinski definition) is 1. The van der Waals surface area contributed by atoms with Crippen LogP contribution in [0.2, 0.25) is 0 Å². The molecular formula is C11H5BrF3N3O2. The fraction of sp³-hybridized carbons (Fsp3) is 0.0909. The normalized spacial score (nSPS) is 11.4. The first-order valence-electron chi connectivity index (χ1n) is 5.08. The van der Waals surface area contributed by atoms with Crippen LogP contribution < -0.4 is 0 Å². The lowest BCUT2D eigenvalue weighted by Crippen LogP contribution is -2.16. The first-order valence-corrected chi connectivity index (χ1v) is 5.88. The Balaban J connectivity index is 2.58. The minimum atomic E-state index is -4.89. The molecule has 0 fully saturated rings. The van der Waals surface area contributed by atoms with Gasteiger partial charge < -0.3 is 5.11 Å². The fourth-order valence-corrected chi connectivity index (χ4v) is 1.62. The lowest BCUT2D eigenvalue weighted by molar-refractivity contribution is -0.141. The zero-order chi connectivity index (χ0) is 14.9. The van der Waals surface area contributed by atoms with Crippen molar-refractivity contribution >= 4 is 21.9 Å². The lowest BCUT2D eigenvalue weighted by atomic mass is 10.2. The van der Waals surface area contributed by atoms with Crippen molar-refractivity contribution < 1.29 is 23.1 Å². The molecule has 2 rings (SSSR count). The van der Waals surface area contributed by atoms with E-state index in [9.17, 15) is 18.0 Å². The van der Waals surface area contributed by atoms with Gasteiger partial charge in [-0.15, -0.1) is 0 Å². The standard InChI is InChI=1S/C11H5BrF3N3O2/c12-5-1-2-7(16-3-5)9-17-4-6(10(19)20)8(18-9)11(13,14)15/h1-4H,(H,19,20). The number of halogens is 4. The van der Waals surface area contributed by atoms with E-state index in [0.717, 1.165) is 0 Å². The van der Waals surface area contributed by atoms with E-state index in [2.05, 4.69) is 30.9 Å². The third-order valence-corrected chi connectivity index (χ3v) is 2.71. The Morgan fingerprint density at radius 1 is 1.20 bits per heavy atom. The van der Waals surface area contributed by atoms with Crippen molar-refractivity contribution in [1.82, 2.24) is 15.0 Å². The van der Waals surface area contributed by atoms with Gasteiger partial charge in [-0.2, -0.15) is 13.2 Å². The summed E-state index contributed by atoms with van der Waals surface area (Å²) >= 11 is 3.13. The van der Waals surface area contributed by atoms with Crippen molar-refractivity contribution in [3.8, 4) is 11.5 Å². The molecule has 0 aliphatic rings. The van der Waals surface area contributed by atoms with Gasteiger partial charge in [-0.25, -0.2) is 14.8 Å². The number of nitrogens with zero attached hydrogens (tertiary/aromatic N) is 3. The quantitative estimate of drug-likeness (QED) is 0.903. The van der Waals surface area contributed by atoms with Gasteiger partial charge in [-0.3, -0.25) is 4.98 Å². The molecule has 0 saturated carbocycles. The Morgan fingerprint density at radius 3 is 2.40 bits per heavy atom. The van der Waals surface area contributed by atoms with Gasteiger partial charge in [0.05, 0.1) is 0 Å². The highest BCUT2D eigenvalue weighted by molar-refractivity contribution is 9.10. The minimum Gasteiger partial charge on any atom is -0.478 e. The number of alkyl halides is 3. The van der Waals surface area contributed by atoms with Crippen LogP contribution in [0.4, 0.5) is 13.2 Å². The lowest BCUT2D eigenvalue weighted by Gasteiger charge is -2.10. The van der Waals surface area contributed by atoms with E-state index < -0.39 is 23.4 Å². The zero-order valence-electron chi connectivity index (χ0n) is 9.52. The Hall–Kier alpha value is -2.03. The highest BCUT2D eigenvalue weighted by atomic mass is 79.9. The molecule has 0 aliphatic heterocycles. The Morgan fingerprint density at radius 2 is 1.90 bits per heavy atom. The molecule has 1 N–H and O–H groups in total. The van der Waals surface area contributed by atoms with Crippen LogP contribution >= 0.6 is 15.9 Å². The second kappa shape index (κ2) is 5.16. The minimum absolute atomic E-state index is 0.107. The number of aromatic carboxylic acids is 1.